The highest BCUT2D eigenvalue weighted by molar-refractivity contribution is 8.01. The van der Waals surface area contributed by atoms with E-state index < -0.39 is 0 Å². The summed E-state index contributed by atoms with van der Waals surface area (Å²) in [6.07, 6.45) is 0.168. The minimum absolute atomic E-state index is 0.0885. The zero-order valence-electron chi connectivity index (χ0n) is 17.0. The molecule has 2 amide bonds. The maximum absolute atomic E-state index is 12.4. The van der Waals surface area contributed by atoms with Crippen molar-refractivity contribution in [3.63, 3.8) is 0 Å². The summed E-state index contributed by atoms with van der Waals surface area (Å²) in [5.74, 6) is 0.0159. The molecule has 0 saturated heterocycles. The molecule has 2 heterocycles. The largest absolute Gasteiger partial charge is 0.325 e. The summed E-state index contributed by atoms with van der Waals surface area (Å²) >= 11 is 4.25. The van der Waals surface area contributed by atoms with E-state index in [0.29, 0.717) is 10.8 Å². The summed E-state index contributed by atoms with van der Waals surface area (Å²) in [5, 5.41) is 8.15. The summed E-state index contributed by atoms with van der Waals surface area (Å²) in [7, 11) is 0. The number of aryl methyl sites for hydroxylation is 2. The van der Waals surface area contributed by atoms with E-state index in [2.05, 4.69) is 26.7 Å². The molecule has 9 heteroatoms. The van der Waals surface area contributed by atoms with Crippen LogP contribution in [0.2, 0.25) is 0 Å². The molecule has 0 spiro atoms. The van der Waals surface area contributed by atoms with Crippen LogP contribution in [0.5, 0.6) is 0 Å². The van der Waals surface area contributed by atoms with E-state index in [1.54, 1.807) is 0 Å². The Bertz CT molecular complexity index is 1230. The van der Waals surface area contributed by atoms with Crippen LogP contribution in [-0.2, 0) is 16.0 Å². The Morgan fingerprint density at radius 2 is 1.74 bits per heavy atom. The van der Waals surface area contributed by atoms with E-state index in [4.69, 9.17) is 0 Å². The van der Waals surface area contributed by atoms with Crippen molar-refractivity contribution in [3.05, 3.63) is 64.7 Å². The molecule has 0 fully saturated rings. The van der Waals surface area contributed by atoms with Crippen molar-refractivity contribution in [3.8, 4) is 0 Å². The highest BCUT2D eigenvalue weighted by Crippen LogP contribution is 2.27. The molecular formula is C22H20N4O2S3. The zero-order valence-corrected chi connectivity index (χ0v) is 19.4. The number of hydrogen-bond donors (Lipinski definition) is 2. The van der Waals surface area contributed by atoms with Gasteiger partial charge in [-0.1, -0.05) is 46.9 Å². The van der Waals surface area contributed by atoms with Crippen molar-refractivity contribution in [1.82, 2.24) is 9.97 Å². The highest BCUT2D eigenvalue weighted by Gasteiger charge is 2.12. The minimum atomic E-state index is -0.158. The van der Waals surface area contributed by atoms with Crippen molar-refractivity contribution in [1.29, 1.82) is 0 Å². The van der Waals surface area contributed by atoms with Gasteiger partial charge in [-0.25, -0.2) is 9.97 Å². The SMILES string of the molecule is Cc1ccc(NC(=O)CSc2nc(CC(=O)Nc3nc4ccc(C)cc4s3)cs2)cc1. The van der Waals surface area contributed by atoms with Gasteiger partial charge in [0.1, 0.15) is 0 Å². The van der Waals surface area contributed by atoms with E-state index in [0.717, 1.165) is 31.4 Å². The summed E-state index contributed by atoms with van der Waals surface area (Å²) in [5.41, 5.74) is 4.64. The topological polar surface area (TPSA) is 84.0 Å². The van der Waals surface area contributed by atoms with E-state index in [-0.39, 0.29) is 24.0 Å². The predicted molar refractivity (Wildman–Crippen MR) is 129 cm³/mol. The van der Waals surface area contributed by atoms with Crippen LogP contribution in [0, 0.1) is 13.8 Å². The fraction of sp³-hybridized carbons (Fsp3) is 0.182. The lowest BCUT2D eigenvalue weighted by Gasteiger charge is -2.04. The normalized spacial score (nSPS) is 10.9. The third kappa shape index (κ3) is 5.90. The number of thioether (sulfide) groups is 1. The van der Waals surface area contributed by atoms with Crippen LogP contribution >= 0.6 is 34.4 Å². The lowest BCUT2D eigenvalue weighted by atomic mass is 10.2. The van der Waals surface area contributed by atoms with Crippen molar-refractivity contribution in [2.24, 2.45) is 0 Å². The van der Waals surface area contributed by atoms with Gasteiger partial charge in [-0.05, 0) is 43.7 Å². The van der Waals surface area contributed by atoms with Crippen LogP contribution in [0.4, 0.5) is 10.8 Å². The van der Waals surface area contributed by atoms with Gasteiger partial charge in [-0.2, -0.15) is 0 Å². The number of rotatable bonds is 7. The van der Waals surface area contributed by atoms with Crippen molar-refractivity contribution in [2.45, 2.75) is 24.6 Å². The second kappa shape index (κ2) is 9.59. The van der Waals surface area contributed by atoms with Crippen molar-refractivity contribution in [2.75, 3.05) is 16.4 Å². The molecule has 2 aromatic heterocycles. The molecule has 0 saturated carbocycles. The Labute approximate surface area is 192 Å². The quantitative estimate of drug-likeness (QED) is 0.361. The first-order chi connectivity index (χ1) is 14.9. The number of amides is 2. The second-order valence-electron chi connectivity index (χ2n) is 7.02. The molecule has 6 nitrogen and oxygen atoms in total. The van der Waals surface area contributed by atoms with Gasteiger partial charge in [0.2, 0.25) is 11.8 Å². The second-order valence-corrected chi connectivity index (χ2v) is 10.1. The average molecular weight is 469 g/mol. The van der Waals surface area contributed by atoms with Gasteiger partial charge in [-0.3, -0.25) is 9.59 Å². The molecule has 31 heavy (non-hydrogen) atoms. The third-order valence-electron chi connectivity index (χ3n) is 4.32. The molecule has 0 atom stereocenters. The van der Waals surface area contributed by atoms with Crippen LogP contribution in [0.1, 0.15) is 16.8 Å². The fourth-order valence-electron chi connectivity index (χ4n) is 2.81. The number of benzene rings is 2. The molecule has 0 bridgehead atoms. The molecule has 4 aromatic rings. The fourth-order valence-corrected chi connectivity index (χ4v) is 5.44. The lowest BCUT2D eigenvalue weighted by Crippen LogP contribution is -2.14. The maximum atomic E-state index is 12.4. The lowest BCUT2D eigenvalue weighted by molar-refractivity contribution is -0.116. The van der Waals surface area contributed by atoms with Gasteiger partial charge in [0.05, 0.1) is 28.1 Å². The van der Waals surface area contributed by atoms with Gasteiger partial charge < -0.3 is 10.6 Å². The van der Waals surface area contributed by atoms with E-state index in [1.165, 1.54) is 34.4 Å². The Hall–Kier alpha value is -2.75. The van der Waals surface area contributed by atoms with Crippen LogP contribution in [0.25, 0.3) is 10.2 Å². The summed E-state index contributed by atoms with van der Waals surface area (Å²) in [4.78, 5) is 33.4. The number of aromatic nitrogens is 2. The van der Waals surface area contributed by atoms with Gasteiger partial charge >= 0.3 is 0 Å². The van der Waals surface area contributed by atoms with Gasteiger partial charge in [-0.15, -0.1) is 11.3 Å². The van der Waals surface area contributed by atoms with Crippen LogP contribution in [0.3, 0.4) is 0 Å². The number of thiazole rings is 2. The van der Waals surface area contributed by atoms with Crippen molar-refractivity contribution < 1.29 is 9.59 Å². The Kier molecular flexibility index (Phi) is 6.64. The molecule has 0 unspecified atom stereocenters. The molecular weight excluding hydrogens is 448 g/mol. The van der Waals surface area contributed by atoms with Gasteiger partial charge in [0.25, 0.3) is 0 Å². The third-order valence-corrected chi connectivity index (χ3v) is 7.33. The number of nitrogens with one attached hydrogen (secondary N) is 2. The smallest absolute Gasteiger partial charge is 0.234 e. The number of hydrogen-bond acceptors (Lipinski definition) is 7. The minimum Gasteiger partial charge on any atom is -0.325 e. The number of nitrogens with zero attached hydrogens (tertiary/aromatic N) is 2. The molecule has 158 valence electrons. The number of anilines is 2. The standard InChI is InChI=1S/C22H20N4O2S3/c1-13-3-6-15(7-4-13)23-20(28)12-30-22-24-16(11-29-22)10-19(27)26-21-25-17-8-5-14(2)9-18(17)31-21/h3-9,11H,10,12H2,1-2H3,(H,23,28)(H,25,26,27). The van der Waals surface area contributed by atoms with Gasteiger partial charge in [0, 0.05) is 11.1 Å². The molecule has 4 rings (SSSR count). The van der Waals surface area contributed by atoms with Gasteiger partial charge in [0.15, 0.2) is 9.47 Å². The zero-order chi connectivity index (χ0) is 21.8. The first kappa shape index (κ1) is 21.5. The van der Waals surface area contributed by atoms with E-state index >= 15 is 0 Å². The summed E-state index contributed by atoms with van der Waals surface area (Å²) < 4.78 is 1.81. The van der Waals surface area contributed by atoms with E-state index in [1.807, 2.05) is 55.6 Å². The average Bonchev–Trinajstić information content (AvgIpc) is 3.33. The monoisotopic (exact) mass is 468 g/mol. The number of fused-ring (bicyclic) bond motifs is 1. The Morgan fingerprint density at radius 1 is 0.968 bits per heavy atom. The summed E-state index contributed by atoms with van der Waals surface area (Å²) in [6, 6.07) is 13.7. The molecule has 0 aliphatic rings. The molecule has 0 aliphatic heterocycles. The molecule has 0 aliphatic carbocycles. The van der Waals surface area contributed by atoms with Crippen LogP contribution in [-0.4, -0.2) is 27.5 Å². The first-order valence-electron chi connectivity index (χ1n) is 9.55. The van der Waals surface area contributed by atoms with E-state index in [9.17, 15) is 9.59 Å². The van der Waals surface area contributed by atoms with Crippen LogP contribution < -0.4 is 10.6 Å². The van der Waals surface area contributed by atoms with Crippen LogP contribution in [0.15, 0.2) is 52.2 Å². The number of carbonyl (C=O) groups excluding carboxylic acids is 2. The van der Waals surface area contributed by atoms with Crippen molar-refractivity contribution >= 4 is 67.3 Å². The predicted octanol–water partition coefficient (Wildman–Crippen LogP) is 5.28. The molecule has 2 aromatic carbocycles. The Morgan fingerprint density at radius 3 is 2.55 bits per heavy atom. The highest BCUT2D eigenvalue weighted by atomic mass is 32.2. The number of carbonyl (C=O) groups is 2. The first-order valence-corrected chi connectivity index (χ1v) is 12.2. The molecule has 2 N–H and O–H groups in total. The summed E-state index contributed by atoms with van der Waals surface area (Å²) in [6.45, 7) is 4.03. The Balaban J connectivity index is 1.27. The maximum Gasteiger partial charge on any atom is 0.234 e. The molecule has 0 radical (unpaired) electrons.